The van der Waals surface area contributed by atoms with Crippen molar-refractivity contribution in [1.29, 1.82) is 0 Å². The molecule has 1 heterocycles. The first-order valence-corrected chi connectivity index (χ1v) is 7.06. The van der Waals surface area contributed by atoms with Crippen molar-refractivity contribution in [3.05, 3.63) is 35.4 Å². The molecule has 0 aliphatic carbocycles. The van der Waals surface area contributed by atoms with Gasteiger partial charge >= 0.3 is 122 Å². The molecule has 4 nitrogen and oxygen atoms in total. The maximum absolute atomic E-state index is 5.90. The summed E-state index contributed by atoms with van der Waals surface area (Å²) in [5, 5.41) is 6.85. The molecule has 0 aromatic heterocycles. The number of nitrogens with two attached hydrogens (primary N) is 1. The Labute approximate surface area is 123 Å². The van der Waals surface area contributed by atoms with Crippen molar-refractivity contribution in [3.8, 4) is 0 Å². The van der Waals surface area contributed by atoms with Gasteiger partial charge in [0.15, 0.2) is 0 Å². The molecule has 0 spiro atoms. The number of ether oxygens (including phenoxy) is 1. The van der Waals surface area contributed by atoms with E-state index in [1.165, 1.54) is 12.8 Å². The number of piperidine rings is 1. The van der Waals surface area contributed by atoms with E-state index in [9.17, 15) is 0 Å². The Hall–Kier alpha value is -1.49. The fourth-order valence-corrected chi connectivity index (χ4v) is 2.17. The second-order valence-electron chi connectivity index (χ2n) is 5.09. The van der Waals surface area contributed by atoms with Crippen molar-refractivity contribution >= 4 is 13.5 Å². The number of allylic oxidation sites excluding steroid dienone is 3. The van der Waals surface area contributed by atoms with E-state index in [4.69, 9.17) is 10.5 Å². The quantitative estimate of drug-likeness (QED) is 0.361. The zero-order valence-electron chi connectivity index (χ0n) is 12.7. The SMILES string of the molecule is B=CC(/C=C(/N)C(=C)OC)=C(/C)NCC1CCNCC1. The Balaban J connectivity index is 2.64. The summed E-state index contributed by atoms with van der Waals surface area (Å²) >= 11 is 0. The zero-order chi connectivity index (χ0) is 15.0. The van der Waals surface area contributed by atoms with Crippen molar-refractivity contribution in [3.63, 3.8) is 0 Å². The summed E-state index contributed by atoms with van der Waals surface area (Å²) in [7, 11) is 5.39. The van der Waals surface area contributed by atoms with E-state index in [0.717, 1.165) is 36.8 Å². The van der Waals surface area contributed by atoms with E-state index in [1.54, 1.807) is 13.1 Å². The first-order chi connectivity index (χ1) is 9.58. The summed E-state index contributed by atoms with van der Waals surface area (Å²) in [5.74, 6) is 2.99. The van der Waals surface area contributed by atoms with E-state index in [2.05, 4.69) is 24.7 Å². The Morgan fingerprint density at radius 2 is 2.15 bits per heavy atom. The summed E-state index contributed by atoms with van der Waals surface area (Å²) < 4.78 is 5.02. The summed E-state index contributed by atoms with van der Waals surface area (Å²) in [6.45, 7) is 9.00. The van der Waals surface area contributed by atoms with Gasteiger partial charge in [-0.3, -0.25) is 0 Å². The standard InChI is InChI=1S/C15H26BN3O/c1-11(19-10-13-4-6-18-7-5-13)14(9-16)8-15(17)12(2)20-3/h8-9,13,16,18-19H,2,4-7,10,17H2,1,3H3/b14-11-,15-8+. The van der Waals surface area contributed by atoms with Crippen molar-refractivity contribution in [2.24, 2.45) is 11.7 Å². The molecule has 0 aromatic rings. The van der Waals surface area contributed by atoms with Crippen LogP contribution in [0.4, 0.5) is 0 Å². The maximum atomic E-state index is 5.90. The molecule has 1 saturated heterocycles. The van der Waals surface area contributed by atoms with Gasteiger partial charge in [0.2, 0.25) is 0 Å². The third kappa shape index (κ3) is 5.25. The average molecular weight is 275 g/mol. The molecular weight excluding hydrogens is 249 g/mol. The topological polar surface area (TPSA) is 59.3 Å². The van der Waals surface area contributed by atoms with Crippen LogP contribution in [0.15, 0.2) is 35.4 Å². The van der Waals surface area contributed by atoms with E-state index in [-0.39, 0.29) is 0 Å². The molecule has 1 aliphatic rings. The molecule has 0 radical (unpaired) electrons. The van der Waals surface area contributed by atoms with Gasteiger partial charge in [-0.05, 0) is 0 Å². The monoisotopic (exact) mass is 275 g/mol. The van der Waals surface area contributed by atoms with Crippen molar-refractivity contribution in [1.82, 2.24) is 10.6 Å². The van der Waals surface area contributed by atoms with Gasteiger partial charge in [0.1, 0.15) is 0 Å². The number of rotatable bonds is 7. The number of hydrogen-bond acceptors (Lipinski definition) is 4. The summed E-state index contributed by atoms with van der Waals surface area (Å²) in [6.07, 6.45) is 4.29. The van der Waals surface area contributed by atoms with Gasteiger partial charge in [-0.2, -0.15) is 0 Å². The number of methoxy groups -OCH3 is 1. The molecule has 1 fully saturated rings. The first kappa shape index (κ1) is 16.6. The summed E-state index contributed by atoms with van der Waals surface area (Å²) in [4.78, 5) is 0. The minimum absolute atomic E-state index is 0.468. The van der Waals surface area contributed by atoms with Crippen LogP contribution in [0.3, 0.4) is 0 Å². The van der Waals surface area contributed by atoms with Gasteiger partial charge in [-0.1, -0.05) is 0 Å². The Kier molecular flexibility index (Phi) is 7.16. The van der Waals surface area contributed by atoms with E-state index < -0.39 is 0 Å². The van der Waals surface area contributed by atoms with Crippen LogP contribution in [0.1, 0.15) is 19.8 Å². The molecule has 4 N–H and O–H groups in total. The Morgan fingerprint density at radius 1 is 1.50 bits per heavy atom. The average Bonchev–Trinajstić information content (AvgIpc) is 2.50. The van der Waals surface area contributed by atoms with Crippen LogP contribution >= 0.6 is 0 Å². The molecule has 0 amide bonds. The summed E-state index contributed by atoms with van der Waals surface area (Å²) in [5.41, 5.74) is 8.46. The predicted molar refractivity (Wildman–Crippen MR) is 87.9 cm³/mol. The molecule has 1 rings (SSSR count). The van der Waals surface area contributed by atoms with Crippen LogP contribution in [0, 0.1) is 5.92 Å². The van der Waals surface area contributed by atoms with Crippen LogP contribution in [-0.4, -0.2) is 40.2 Å². The van der Waals surface area contributed by atoms with Crippen LogP contribution in [0.25, 0.3) is 0 Å². The van der Waals surface area contributed by atoms with Crippen LogP contribution in [-0.2, 0) is 4.74 Å². The fourth-order valence-electron chi connectivity index (χ4n) is 2.17. The van der Waals surface area contributed by atoms with Gasteiger partial charge in [0.05, 0.1) is 0 Å². The normalized spacial score (nSPS) is 18.1. The van der Waals surface area contributed by atoms with Gasteiger partial charge in [-0.25, -0.2) is 0 Å². The first-order valence-electron chi connectivity index (χ1n) is 7.06. The summed E-state index contributed by atoms with van der Waals surface area (Å²) in [6, 6.07) is 0. The van der Waals surface area contributed by atoms with E-state index in [1.807, 2.05) is 13.0 Å². The van der Waals surface area contributed by atoms with Crippen LogP contribution in [0.5, 0.6) is 0 Å². The van der Waals surface area contributed by atoms with Gasteiger partial charge in [0, 0.05) is 0 Å². The molecule has 1 aliphatic heterocycles. The van der Waals surface area contributed by atoms with Gasteiger partial charge in [0.25, 0.3) is 0 Å². The Bertz CT molecular complexity index is 409. The Morgan fingerprint density at radius 3 is 2.70 bits per heavy atom. The van der Waals surface area contributed by atoms with E-state index in [0.29, 0.717) is 11.5 Å². The van der Waals surface area contributed by atoms with Crippen molar-refractivity contribution in [2.45, 2.75) is 19.8 Å². The third-order valence-electron chi connectivity index (χ3n) is 3.65. The molecule has 0 unspecified atom stereocenters. The second kappa shape index (κ2) is 8.64. The number of hydrogen-bond donors (Lipinski definition) is 3. The van der Waals surface area contributed by atoms with Gasteiger partial charge < -0.3 is 0 Å². The molecule has 5 heteroatoms. The fraction of sp³-hybridized carbons (Fsp3) is 0.533. The molecular formula is C15H26BN3O. The van der Waals surface area contributed by atoms with Crippen molar-refractivity contribution < 1.29 is 4.74 Å². The second-order valence-corrected chi connectivity index (χ2v) is 5.09. The van der Waals surface area contributed by atoms with Crippen LogP contribution in [0.2, 0.25) is 0 Å². The van der Waals surface area contributed by atoms with E-state index >= 15 is 0 Å². The third-order valence-corrected chi connectivity index (χ3v) is 3.65. The van der Waals surface area contributed by atoms with Crippen molar-refractivity contribution in [2.75, 3.05) is 26.7 Å². The predicted octanol–water partition coefficient (Wildman–Crippen LogP) is 0.555. The molecule has 20 heavy (non-hydrogen) atoms. The zero-order valence-corrected chi connectivity index (χ0v) is 12.7. The molecule has 0 atom stereocenters. The van der Waals surface area contributed by atoms with Crippen LogP contribution < -0.4 is 16.4 Å². The number of nitrogens with one attached hydrogen (secondary N) is 2. The molecule has 0 bridgehead atoms. The minimum atomic E-state index is 0.468. The molecule has 110 valence electrons. The molecule has 0 saturated carbocycles. The molecule has 0 aromatic carbocycles. The van der Waals surface area contributed by atoms with Gasteiger partial charge in [-0.15, -0.1) is 0 Å².